The highest BCUT2D eigenvalue weighted by Gasteiger charge is 2.35. The van der Waals surface area contributed by atoms with Gasteiger partial charge in [-0.1, -0.05) is 0 Å². The zero-order valence-corrected chi connectivity index (χ0v) is 11.8. The van der Waals surface area contributed by atoms with Crippen LogP contribution in [0.4, 0.5) is 0 Å². The number of pyridine rings is 1. The van der Waals surface area contributed by atoms with Crippen LogP contribution in [0.1, 0.15) is 36.8 Å². The smallest absolute Gasteiger partial charge is 0.306 e. The Morgan fingerprint density at radius 3 is 2.80 bits per heavy atom. The fourth-order valence-electron chi connectivity index (χ4n) is 2.71. The lowest BCUT2D eigenvalue weighted by atomic mass is 9.79. The maximum atomic E-state index is 10.9. The number of hydrogen-bond donors (Lipinski definition) is 3. The maximum absolute atomic E-state index is 10.9. The Morgan fingerprint density at radius 1 is 1.50 bits per heavy atom. The molecule has 1 fully saturated rings. The average molecular weight is 278 g/mol. The SMILES string of the molecule is Cc1cnccc1CNCC1(O)CCC(C(=O)O)CC1. The minimum Gasteiger partial charge on any atom is -0.481 e. The number of aliphatic hydroxyl groups is 1. The first kappa shape index (κ1) is 14.9. The molecule has 110 valence electrons. The quantitative estimate of drug-likeness (QED) is 0.760. The van der Waals surface area contributed by atoms with Gasteiger partial charge in [0.2, 0.25) is 0 Å². The Morgan fingerprint density at radius 2 is 2.20 bits per heavy atom. The Labute approximate surface area is 119 Å². The van der Waals surface area contributed by atoms with E-state index in [9.17, 15) is 9.90 Å². The molecule has 1 heterocycles. The third-order valence-corrected chi connectivity index (χ3v) is 4.17. The largest absolute Gasteiger partial charge is 0.481 e. The number of carboxylic acids is 1. The monoisotopic (exact) mass is 278 g/mol. The van der Waals surface area contributed by atoms with Gasteiger partial charge in [0, 0.05) is 25.5 Å². The first-order valence-corrected chi connectivity index (χ1v) is 7.05. The van der Waals surface area contributed by atoms with Gasteiger partial charge in [-0.05, 0) is 49.8 Å². The van der Waals surface area contributed by atoms with Crippen LogP contribution >= 0.6 is 0 Å². The minimum absolute atomic E-state index is 0.294. The Hall–Kier alpha value is -1.46. The summed E-state index contributed by atoms with van der Waals surface area (Å²) in [5, 5.41) is 22.7. The van der Waals surface area contributed by atoms with Crippen LogP contribution in [-0.4, -0.2) is 33.3 Å². The van der Waals surface area contributed by atoms with Crippen molar-refractivity contribution in [2.45, 2.75) is 44.8 Å². The van der Waals surface area contributed by atoms with Gasteiger partial charge in [-0.15, -0.1) is 0 Å². The summed E-state index contributed by atoms with van der Waals surface area (Å²) in [6, 6.07) is 1.97. The summed E-state index contributed by atoms with van der Waals surface area (Å²) in [4.78, 5) is 14.9. The highest BCUT2D eigenvalue weighted by Crippen LogP contribution is 2.31. The molecule has 20 heavy (non-hydrogen) atoms. The third-order valence-electron chi connectivity index (χ3n) is 4.17. The van der Waals surface area contributed by atoms with Crippen LogP contribution in [0.15, 0.2) is 18.5 Å². The molecule has 2 rings (SSSR count). The molecule has 0 bridgehead atoms. The van der Waals surface area contributed by atoms with Crippen molar-refractivity contribution in [3.05, 3.63) is 29.6 Å². The zero-order valence-electron chi connectivity index (χ0n) is 11.8. The molecule has 1 aliphatic rings. The maximum Gasteiger partial charge on any atom is 0.306 e. The number of nitrogens with zero attached hydrogens (tertiary/aromatic N) is 1. The van der Waals surface area contributed by atoms with Gasteiger partial charge in [0.05, 0.1) is 11.5 Å². The van der Waals surface area contributed by atoms with Crippen LogP contribution in [0.25, 0.3) is 0 Å². The summed E-state index contributed by atoms with van der Waals surface area (Å²) in [7, 11) is 0. The van der Waals surface area contributed by atoms with E-state index < -0.39 is 11.6 Å². The number of carboxylic acid groups (broad SMARTS) is 1. The summed E-state index contributed by atoms with van der Waals surface area (Å²) in [5.74, 6) is -1.04. The van der Waals surface area contributed by atoms with E-state index in [0.29, 0.717) is 38.8 Å². The fourth-order valence-corrected chi connectivity index (χ4v) is 2.71. The third kappa shape index (κ3) is 3.77. The molecule has 1 aromatic heterocycles. The molecule has 3 N–H and O–H groups in total. The minimum atomic E-state index is -0.771. The molecule has 1 aromatic rings. The number of aryl methyl sites for hydroxylation is 1. The number of hydrogen-bond acceptors (Lipinski definition) is 4. The van der Waals surface area contributed by atoms with Crippen molar-refractivity contribution in [1.29, 1.82) is 0 Å². The molecule has 0 amide bonds. The molecule has 0 radical (unpaired) electrons. The fraction of sp³-hybridized carbons (Fsp3) is 0.600. The van der Waals surface area contributed by atoms with Gasteiger partial charge < -0.3 is 15.5 Å². The predicted octanol–water partition coefficient (Wildman–Crippen LogP) is 1.49. The lowest BCUT2D eigenvalue weighted by Crippen LogP contribution is -2.44. The van der Waals surface area contributed by atoms with Gasteiger partial charge in [-0.25, -0.2) is 0 Å². The standard InChI is InChI=1S/C15H22N2O3/c1-11-8-16-7-4-13(11)9-17-10-15(20)5-2-12(3-6-15)14(18)19/h4,7-8,12,17,20H,2-3,5-6,9-10H2,1H3,(H,18,19). The number of carbonyl (C=O) groups is 1. The summed E-state index contributed by atoms with van der Waals surface area (Å²) >= 11 is 0. The molecule has 0 atom stereocenters. The van der Waals surface area contributed by atoms with Crippen LogP contribution in [0, 0.1) is 12.8 Å². The summed E-state index contributed by atoms with van der Waals surface area (Å²) in [5.41, 5.74) is 1.52. The average Bonchev–Trinajstić information content (AvgIpc) is 2.41. The molecule has 0 aliphatic heterocycles. The second kappa shape index (κ2) is 6.33. The first-order chi connectivity index (χ1) is 9.50. The molecule has 5 nitrogen and oxygen atoms in total. The molecule has 5 heteroatoms. The highest BCUT2D eigenvalue weighted by molar-refractivity contribution is 5.70. The van der Waals surface area contributed by atoms with E-state index in [1.807, 2.05) is 19.2 Å². The van der Waals surface area contributed by atoms with E-state index in [-0.39, 0.29) is 5.92 Å². The molecular weight excluding hydrogens is 256 g/mol. The van der Waals surface area contributed by atoms with E-state index in [2.05, 4.69) is 10.3 Å². The van der Waals surface area contributed by atoms with Gasteiger partial charge >= 0.3 is 5.97 Å². The Kier molecular flexibility index (Phi) is 4.73. The van der Waals surface area contributed by atoms with Gasteiger partial charge in [0.25, 0.3) is 0 Å². The van der Waals surface area contributed by atoms with E-state index >= 15 is 0 Å². The summed E-state index contributed by atoms with van der Waals surface area (Å²) in [6.45, 7) is 3.21. The number of aliphatic carboxylic acids is 1. The van der Waals surface area contributed by atoms with Crippen molar-refractivity contribution < 1.29 is 15.0 Å². The molecule has 0 spiro atoms. The van der Waals surface area contributed by atoms with Crippen LogP contribution in [-0.2, 0) is 11.3 Å². The second-order valence-corrected chi connectivity index (χ2v) is 5.74. The first-order valence-electron chi connectivity index (χ1n) is 7.05. The topological polar surface area (TPSA) is 82.5 Å². The van der Waals surface area contributed by atoms with Crippen molar-refractivity contribution in [3.8, 4) is 0 Å². The molecule has 1 saturated carbocycles. The van der Waals surface area contributed by atoms with Crippen LogP contribution < -0.4 is 5.32 Å². The summed E-state index contributed by atoms with van der Waals surface area (Å²) < 4.78 is 0. The lowest BCUT2D eigenvalue weighted by Gasteiger charge is -2.34. The number of rotatable bonds is 5. The second-order valence-electron chi connectivity index (χ2n) is 5.74. The van der Waals surface area contributed by atoms with Crippen molar-refractivity contribution >= 4 is 5.97 Å². The lowest BCUT2D eigenvalue weighted by molar-refractivity contribution is -0.144. The molecule has 0 aromatic carbocycles. The molecule has 0 saturated heterocycles. The van der Waals surface area contributed by atoms with Crippen LogP contribution in [0.2, 0.25) is 0 Å². The van der Waals surface area contributed by atoms with Gasteiger partial charge in [-0.2, -0.15) is 0 Å². The van der Waals surface area contributed by atoms with Gasteiger partial charge in [0.1, 0.15) is 0 Å². The van der Waals surface area contributed by atoms with Crippen molar-refractivity contribution in [3.63, 3.8) is 0 Å². The number of nitrogens with one attached hydrogen (secondary N) is 1. The number of aromatic nitrogens is 1. The summed E-state index contributed by atoms with van der Waals surface area (Å²) in [6.07, 6.45) is 5.79. The normalized spacial score (nSPS) is 26.4. The predicted molar refractivity (Wildman–Crippen MR) is 75.2 cm³/mol. The van der Waals surface area contributed by atoms with Gasteiger partial charge in [0.15, 0.2) is 0 Å². The Balaban J connectivity index is 1.80. The van der Waals surface area contributed by atoms with E-state index in [4.69, 9.17) is 5.11 Å². The van der Waals surface area contributed by atoms with Crippen LogP contribution in [0.3, 0.4) is 0 Å². The van der Waals surface area contributed by atoms with Crippen molar-refractivity contribution in [1.82, 2.24) is 10.3 Å². The molecular formula is C15H22N2O3. The molecule has 1 aliphatic carbocycles. The highest BCUT2D eigenvalue weighted by atomic mass is 16.4. The van der Waals surface area contributed by atoms with Gasteiger partial charge in [-0.3, -0.25) is 9.78 Å². The van der Waals surface area contributed by atoms with Crippen LogP contribution in [0.5, 0.6) is 0 Å². The van der Waals surface area contributed by atoms with E-state index in [1.165, 1.54) is 5.56 Å². The van der Waals surface area contributed by atoms with Crippen molar-refractivity contribution in [2.24, 2.45) is 5.92 Å². The zero-order chi connectivity index (χ0) is 14.6. The van der Waals surface area contributed by atoms with Crippen molar-refractivity contribution in [2.75, 3.05) is 6.54 Å². The Bertz CT molecular complexity index is 468. The van der Waals surface area contributed by atoms with E-state index in [1.54, 1.807) is 6.20 Å². The molecule has 0 unspecified atom stereocenters. The van der Waals surface area contributed by atoms with E-state index in [0.717, 1.165) is 5.56 Å².